The largest absolute Gasteiger partial charge is 0.379 e. The summed E-state index contributed by atoms with van der Waals surface area (Å²) in [4.78, 5) is 36.1. The number of carbonyl (C=O) groups is 3. The Morgan fingerprint density at radius 2 is 1.24 bits per heavy atom. The van der Waals surface area contributed by atoms with Gasteiger partial charge in [0.1, 0.15) is 6.29 Å². The van der Waals surface area contributed by atoms with Crippen molar-refractivity contribution in [2.24, 2.45) is 5.92 Å². The van der Waals surface area contributed by atoms with Crippen LogP contribution in [0.4, 0.5) is 0 Å². The lowest BCUT2D eigenvalue weighted by atomic mass is 10.00. The Morgan fingerprint density at radius 3 is 1.67 bits per heavy atom. The number of amides is 2. The lowest BCUT2D eigenvalue weighted by Crippen LogP contribution is -2.33. The van der Waals surface area contributed by atoms with Gasteiger partial charge >= 0.3 is 0 Å². The molecule has 2 aliphatic heterocycles. The van der Waals surface area contributed by atoms with E-state index >= 15 is 0 Å². The molecular formula is C24H44N2O7. The van der Waals surface area contributed by atoms with Crippen LogP contribution in [0.5, 0.6) is 0 Å². The van der Waals surface area contributed by atoms with E-state index in [0.717, 1.165) is 17.1 Å². The van der Waals surface area contributed by atoms with E-state index in [0.29, 0.717) is 52.7 Å². The molecule has 1 saturated heterocycles. The van der Waals surface area contributed by atoms with Crippen LogP contribution in [0.1, 0.15) is 40.0 Å². The lowest BCUT2D eigenvalue weighted by molar-refractivity contribution is -0.137. The van der Waals surface area contributed by atoms with Crippen LogP contribution < -0.4 is 0 Å². The number of piperidine rings is 1. The van der Waals surface area contributed by atoms with Gasteiger partial charge in [-0.15, -0.1) is 0 Å². The molecule has 0 bridgehead atoms. The summed E-state index contributed by atoms with van der Waals surface area (Å²) < 4.78 is 21.0. The van der Waals surface area contributed by atoms with E-state index in [4.69, 9.17) is 18.9 Å². The van der Waals surface area contributed by atoms with Gasteiger partial charge < -0.3 is 28.6 Å². The molecule has 2 heterocycles. The molecule has 1 fully saturated rings. The first-order valence-electron chi connectivity index (χ1n) is 12.0. The molecule has 33 heavy (non-hydrogen) atoms. The smallest absolute Gasteiger partial charge is 0.253 e. The predicted octanol–water partition coefficient (Wildman–Crippen LogP) is 1.94. The first-order chi connectivity index (χ1) is 16.0. The molecule has 192 valence electrons. The average molecular weight is 473 g/mol. The van der Waals surface area contributed by atoms with E-state index in [1.807, 2.05) is 13.8 Å². The van der Waals surface area contributed by atoms with Gasteiger partial charge in [-0.25, -0.2) is 0 Å². The van der Waals surface area contributed by atoms with Crippen molar-refractivity contribution in [1.29, 1.82) is 0 Å². The fourth-order valence-electron chi connectivity index (χ4n) is 2.84. The fourth-order valence-corrected chi connectivity index (χ4v) is 2.84. The fraction of sp³-hybridized carbons (Fsp3) is 0.792. The maximum absolute atomic E-state index is 11.2. The van der Waals surface area contributed by atoms with Crippen LogP contribution in [0.2, 0.25) is 0 Å². The maximum atomic E-state index is 11.2. The van der Waals surface area contributed by atoms with Gasteiger partial charge in [0.15, 0.2) is 0 Å². The Labute approximate surface area is 199 Å². The highest BCUT2D eigenvalue weighted by atomic mass is 16.6. The van der Waals surface area contributed by atoms with E-state index in [9.17, 15) is 14.4 Å². The van der Waals surface area contributed by atoms with Gasteiger partial charge in [-0.1, -0.05) is 20.8 Å². The first-order valence-corrected chi connectivity index (χ1v) is 12.0. The van der Waals surface area contributed by atoms with Crippen LogP contribution in [-0.4, -0.2) is 107 Å². The van der Waals surface area contributed by atoms with Crippen LogP contribution in [-0.2, 0) is 33.3 Å². The minimum absolute atomic E-state index is 0.248. The van der Waals surface area contributed by atoms with Crippen LogP contribution in [0, 0.1) is 5.92 Å². The van der Waals surface area contributed by atoms with E-state index in [2.05, 4.69) is 18.9 Å². The summed E-state index contributed by atoms with van der Waals surface area (Å²) in [6.45, 7) is 12.5. The zero-order valence-corrected chi connectivity index (χ0v) is 21.0. The highest BCUT2D eigenvalue weighted by Crippen LogP contribution is 2.13. The Hall–Kier alpha value is -1.65. The standard InChI is InChI=1S/C15H23NO7.C7H15N.C2H6/c17-5-1-6-20-8-10-22-12-13-23-11-9-21-7-4-16-14(18)2-3-15(16)19;1-7-3-5-8(2)6-4-7;1-2/h2-3,5H,1,4,6-13H2;7H,3-6H2,1-2H3;1-2H3. The average Bonchev–Trinajstić information content (AvgIpc) is 3.15. The molecule has 9 nitrogen and oxygen atoms in total. The van der Waals surface area contributed by atoms with E-state index in [-0.39, 0.29) is 25.0 Å². The molecule has 0 N–H and O–H groups in total. The number of aldehydes is 1. The zero-order chi connectivity index (χ0) is 24.7. The number of likely N-dealkylation sites (tertiary alicyclic amines) is 1. The summed E-state index contributed by atoms with van der Waals surface area (Å²) in [5.41, 5.74) is 0. The molecule has 2 aliphatic rings. The Balaban J connectivity index is 0.000000849. The van der Waals surface area contributed by atoms with Gasteiger partial charge in [-0.3, -0.25) is 14.5 Å². The topological polar surface area (TPSA) is 94.6 Å². The van der Waals surface area contributed by atoms with Crippen LogP contribution in [0.3, 0.4) is 0 Å². The highest BCUT2D eigenvalue weighted by Gasteiger charge is 2.22. The number of rotatable bonds is 15. The van der Waals surface area contributed by atoms with Crippen molar-refractivity contribution in [1.82, 2.24) is 9.80 Å². The van der Waals surface area contributed by atoms with Gasteiger partial charge in [0, 0.05) is 18.6 Å². The van der Waals surface area contributed by atoms with Crippen LogP contribution in [0.15, 0.2) is 12.2 Å². The zero-order valence-electron chi connectivity index (χ0n) is 21.0. The lowest BCUT2D eigenvalue weighted by Gasteiger charge is -2.26. The van der Waals surface area contributed by atoms with Gasteiger partial charge in [-0.05, 0) is 38.9 Å². The molecule has 2 rings (SSSR count). The Kier molecular flexibility index (Phi) is 21.0. The third-order valence-electron chi connectivity index (χ3n) is 4.86. The SMILES string of the molecule is CC.CC1CCN(C)CC1.O=CCCOCCOCCOCCOCCN1C(=O)C=CC1=O. The summed E-state index contributed by atoms with van der Waals surface area (Å²) in [5.74, 6) is 0.371. The third-order valence-corrected chi connectivity index (χ3v) is 4.86. The molecule has 0 aromatic carbocycles. The quantitative estimate of drug-likeness (QED) is 0.203. The van der Waals surface area contributed by atoms with Crippen molar-refractivity contribution in [3.8, 4) is 0 Å². The molecule has 2 amide bonds. The molecule has 0 spiro atoms. The second kappa shape index (κ2) is 22.2. The Bertz CT molecular complexity index is 507. The van der Waals surface area contributed by atoms with E-state index < -0.39 is 0 Å². The normalized spacial score (nSPS) is 16.3. The second-order valence-corrected chi connectivity index (χ2v) is 7.55. The van der Waals surface area contributed by atoms with Gasteiger partial charge in [0.25, 0.3) is 11.8 Å². The summed E-state index contributed by atoms with van der Waals surface area (Å²) in [6, 6.07) is 0. The summed E-state index contributed by atoms with van der Waals surface area (Å²) in [6.07, 6.45) is 6.51. The molecule has 0 atom stereocenters. The van der Waals surface area contributed by atoms with Gasteiger partial charge in [0.05, 0.1) is 59.4 Å². The van der Waals surface area contributed by atoms with Crippen molar-refractivity contribution in [2.75, 3.05) is 79.5 Å². The Morgan fingerprint density at radius 1 is 0.818 bits per heavy atom. The molecule has 0 saturated carbocycles. The minimum atomic E-state index is -0.304. The minimum Gasteiger partial charge on any atom is -0.379 e. The number of imide groups is 1. The second-order valence-electron chi connectivity index (χ2n) is 7.55. The maximum Gasteiger partial charge on any atom is 0.253 e. The van der Waals surface area contributed by atoms with Crippen molar-refractivity contribution in [3.05, 3.63) is 12.2 Å². The number of ether oxygens (including phenoxy) is 4. The van der Waals surface area contributed by atoms with E-state index in [1.165, 1.54) is 38.1 Å². The summed E-state index contributed by atoms with van der Waals surface area (Å²) >= 11 is 0. The monoisotopic (exact) mass is 472 g/mol. The van der Waals surface area contributed by atoms with E-state index in [1.54, 1.807) is 0 Å². The molecule has 0 aromatic rings. The molecule has 0 radical (unpaired) electrons. The summed E-state index contributed by atoms with van der Waals surface area (Å²) in [7, 11) is 2.20. The highest BCUT2D eigenvalue weighted by molar-refractivity contribution is 6.12. The molecule has 0 aromatic heterocycles. The molecule has 0 aliphatic carbocycles. The number of nitrogens with zero attached hydrogens (tertiary/aromatic N) is 2. The van der Waals surface area contributed by atoms with Crippen molar-refractivity contribution in [2.45, 2.75) is 40.0 Å². The van der Waals surface area contributed by atoms with Crippen molar-refractivity contribution < 1.29 is 33.3 Å². The van der Waals surface area contributed by atoms with Crippen LogP contribution in [0.25, 0.3) is 0 Å². The van der Waals surface area contributed by atoms with Gasteiger partial charge in [0.2, 0.25) is 0 Å². The van der Waals surface area contributed by atoms with Crippen molar-refractivity contribution >= 4 is 18.1 Å². The van der Waals surface area contributed by atoms with Crippen LogP contribution >= 0.6 is 0 Å². The van der Waals surface area contributed by atoms with Crippen molar-refractivity contribution in [3.63, 3.8) is 0 Å². The number of hydrogen-bond acceptors (Lipinski definition) is 8. The molecule has 9 heteroatoms. The molecular weight excluding hydrogens is 428 g/mol. The number of hydrogen-bond donors (Lipinski definition) is 0. The first kappa shape index (κ1) is 31.4. The predicted molar refractivity (Wildman–Crippen MR) is 127 cm³/mol. The number of carbonyl (C=O) groups excluding carboxylic acids is 3. The third kappa shape index (κ3) is 17.5. The van der Waals surface area contributed by atoms with Gasteiger partial charge in [-0.2, -0.15) is 0 Å². The summed E-state index contributed by atoms with van der Waals surface area (Å²) in [5, 5.41) is 0. The molecule has 0 unspecified atom stereocenters.